The molecule has 3 nitrogen and oxygen atoms in total. The molecule has 86 valence electrons. The van der Waals surface area contributed by atoms with Crippen molar-refractivity contribution in [1.82, 2.24) is 4.90 Å². The van der Waals surface area contributed by atoms with Crippen LogP contribution in [-0.4, -0.2) is 35.6 Å². The molecule has 3 heteroatoms. The van der Waals surface area contributed by atoms with Gasteiger partial charge in [0.25, 0.3) is 0 Å². The molecule has 0 radical (unpaired) electrons. The van der Waals surface area contributed by atoms with E-state index in [1.807, 2.05) is 12.1 Å². The van der Waals surface area contributed by atoms with Crippen molar-refractivity contribution in [2.75, 3.05) is 19.6 Å². The van der Waals surface area contributed by atoms with E-state index >= 15 is 0 Å². The number of hydrogen-bond donors (Lipinski definition) is 1. The molecule has 1 unspecified atom stereocenters. The molecule has 0 saturated carbocycles. The zero-order valence-corrected chi connectivity index (χ0v) is 9.52. The molecule has 1 aromatic carbocycles. The lowest BCUT2D eigenvalue weighted by Gasteiger charge is -2.13. The van der Waals surface area contributed by atoms with Crippen LogP contribution in [0.15, 0.2) is 24.3 Å². The molecule has 16 heavy (non-hydrogen) atoms. The Labute approximate surface area is 95.7 Å². The first-order chi connectivity index (χ1) is 7.70. The Hall–Kier alpha value is -1.35. The maximum absolute atomic E-state index is 10.7. The van der Waals surface area contributed by atoms with Crippen LogP contribution >= 0.6 is 0 Å². The third-order valence-electron chi connectivity index (χ3n) is 3.35. The zero-order valence-electron chi connectivity index (χ0n) is 9.52. The van der Waals surface area contributed by atoms with E-state index < -0.39 is 5.97 Å². The predicted molar refractivity (Wildman–Crippen MR) is 62.9 cm³/mol. The standard InChI is InChI=1S/C13H17NO2/c1-2-14-8-7-12(9-14)10-3-5-11(6-4-10)13(15)16/h3-6,12H,2,7-9H2,1H3,(H,15,16). The molecule has 1 fully saturated rings. The molecule has 2 rings (SSSR count). The van der Waals surface area contributed by atoms with Crippen LogP contribution in [0.25, 0.3) is 0 Å². The highest BCUT2D eigenvalue weighted by Gasteiger charge is 2.22. The van der Waals surface area contributed by atoms with Crippen molar-refractivity contribution < 1.29 is 9.90 Å². The number of carboxylic acids is 1. The Kier molecular flexibility index (Phi) is 3.25. The SMILES string of the molecule is CCN1CCC(c2ccc(C(=O)O)cc2)C1. The summed E-state index contributed by atoms with van der Waals surface area (Å²) in [6.07, 6.45) is 1.18. The number of rotatable bonds is 3. The molecule has 1 N–H and O–H groups in total. The molecule has 0 amide bonds. The number of aromatic carboxylic acids is 1. The van der Waals surface area contributed by atoms with Gasteiger partial charge in [-0.05, 0) is 43.1 Å². The van der Waals surface area contributed by atoms with Crippen molar-refractivity contribution in [3.8, 4) is 0 Å². The Balaban J connectivity index is 2.08. The van der Waals surface area contributed by atoms with Crippen LogP contribution in [0.1, 0.15) is 35.2 Å². The minimum atomic E-state index is -0.854. The number of carbonyl (C=O) groups is 1. The quantitative estimate of drug-likeness (QED) is 0.847. The van der Waals surface area contributed by atoms with Crippen molar-refractivity contribution in [3.63, 3.8) is 0 Å². The Bertz CT molecular complexity index is 372. The van der Waals surface area contributed by atoms with E-state index in [2.05, 4.69) is 11.8 Å². The van der Waals surface area contributed by atoms with E-state index in [0.717, 1.165) is 19.6 Å². The van der Waals surface area contributed by atoms with Gasteiger partial charge in [-0.25, -0.2) is 4.79 Å². The monoisotopic (exact) mass is 219 g/mol. The van der Waals surface area contributed by atoms with Gasteiger partial charge in [0.2, 0.25) is 0 Å². The van der Waals surface area contributed by atoms with Crippen molar-refractivity contribution in [1.29, 1.82) is 0 Å². The van der Waals surface area contributed by atoms with Crippen molar-refractivity contribution in [2.24, 2.45) is 0 Å². The van der Waals surface area contributed by atoms with Gasteiger partial charge < -0.3 is 10.0 Å². The first-order valence-electron chi connectivity index (χ1n) is 5.76. The smallest absolute Gasteiger partial charge is 0.335 e. The summed E-state index contributed by atoms with van der Waals surface area (Å²) < 4.78 is 0. The fourth-order valence-electron chi connectivity index (χ4n) is 2.29. The summed E-state index contributed by atoms with van der Waals surface area (Å²) in [5, 5.41) is 8.81. The Morgan fingerprint density at radius 3 is 2.62 bits per heavy atom. The average molecular weight is 219 g/mol. The molecule has 0 aliphatic carbocycles. The lowest BCUT2D eigenvalue weighted by atomic mass is 9.97. The second kappa shape index (κ2) is 4.66. The van der Waals surface area contributed by atoms with Gasteiger partial charge in [0.1, 0.15) is 0 Å². The highest BCUT2D eigenvalue weighted by molar-refractivity contribution is 5.87. The summed E-state index contributed by atoms with van der Waals surface area (Å²) in [7, 11) is 0. The van der Waals surface area contributed by atoms with E-state index in [0.29, 0.717) is 11.5 Å². The molecule has 1 heterocycles. The fraction of sp³-hybridized carbons (Fsp3) is 0.462. The molecule has 0 bridgehead atoms. The summed E-state index contributed by atoms with van der Waals surface area (Å²) in [5.74, 6) is -0.282. The summed E-state index contributed by atoms with van der Waals surface area (Å²) in [4.78, 5) is 13.2. The van der Waals surface area contributed by atoms with Gasteiger partial charge in [0.05, 0.1) is 5.56 Å². The van der Waals surface area contributed by atoms with Crippen LogP contribution < -0.4 is 0 Å². The first kappa shape index (κ1) is 11.1. The topological polar surface area (TPSA) is 40.5 Å². The maximum atomic E-state index is 10.7. The molecule has 1 aromatic rings. The molecule has 1 atom stereocenters. The minimum absolute atomic E-state index is 0.370. The van der Waals surface area contributed by atoms with Crippen LogP contribution in [0.3, 0.4) is 0 Å². The summed E-state index contributed by atoms with van der Waals surface area (Å²) in [5.41, 5.74) is 1.63. The van der Waals surface area contributed by atoms with Crippen LogP contribution in [0.2, 0.25) is 0 Å². The van der Waals surface area contributed by atoms with E-state index in [9.17, 15) is 4.79 Å². The Morgan fingerprint density at radius 1 is 1.44 bits per heavy atom. The molecule has 1 saturated heterocycles. The van der Waals surface area contributed by atoms with Gasteiger partial charge >= 0.3 is 5.97 Å². The largest absolute Gasteiger partial charge is 0.478 e. The number of carboxylic acid groups (broad SMARTS) is 1. The number of likely N-dealkylation sites (N-methyl/N-ethyl adjacent to an activating group) is 1. The second-order valence-electron chi connectivity index (χ2n) is 4.31. The second-order valence-corrected chi connectivity index (χ2v) is 4.31. The lowest BCUT2D eigenvalue weighted by Crippen LogP contribution is -2.19. The van der Waals surface area contributed by atoms with Crippen molar-refractivity contribution in [2.45, 2.75) is 19.3 Å². The van der Waals surface area contributed by atoms with Gasteiger partial charge in [-0.1, -0.05) is 19.1 Å². The van der Waals surface area contributed by atoms with E-state index in [4.69, 9.17) is 5.11 Å². The number of nitrogens with zero attached hydrogens (tertiary/aromatic N) is 1. The van der Waals surface area contributed by atoms with E-state index in [-0.39, 0.29) is 0 Å². The summed E-state index contributed by atoms with van der Waals surface area (Å²) in [6.45, 7) is 5.53. The first-order valence-corrected chi connectivity index (χ1v) is 5.76. The number of benzene rings is 1. The molecular weight excluding hydrogens is 202 g/mol. The van der Waals surface area contributed by atoms with Crippen molar-refractivity contribution >= 4 is 5.97 Å². The third kappa shape index (κ3) is 2.25. The molecule has 1 aliphatic rings. The fourth-order valence-corrected chi connectivity index (χ4v) is 2.29. The Morgan fingerprint density at radius 2 is 2.12 bits per heavy atom. The van der Waals surface area contributed by atoms with Crippen molar-refractivity contribution in [3.05, 3.63) is 35.4 Å². The molecule has 0 spiro atoms. The van der Waals surface area contributed by atoms with Gasteiger partial charge in [-0.15, -0.1) is 0 Å². The van der Waals surface area contributed by atoms with Crippen LogP contribution in [0, 0.1) is 0 Å². The summed E-state index contributed by atoms with van der Waals surface area (Å²) in [6, 6.07) is 7.30. The van der Waals surface area contributed by atoms with Gasteiger partial charge in [0.15, 0.2) is 0 Å². The normalized spacial score (nSPS) is 21.2. The average Bonchev–Trinajstić information content (AvgIpc) is 2.77. The third-order valence-corrected chi connectivity index (χ3v) is 3.35. The minimum Gasteiger partial charge on any atom is -0.478 e. The predicted octanol–water partition coefficient (Wildman–Crippen LogP) is 2.19. The molecule has 0 aromatic heterocycles. The van der Waals surface area contributed by atoms with E-state index in [1.54, 1.807) is 12.1 Å². The number of likely N-dealkylation sites (tertiary alicyclic amines) is 1. The van der Waals surface area contributed by atoms with Crippen LogP contribution in [-0.2, 0) is 0 Å². The van der Waals surface area contributed by atoms with Gasteiger partial charge in [-0.3, -0.25) is 0 Å². The van der Waals surface area contributed by atoms with Gasteiger partial charge in [-0.2, -0.15) is 0 Å². The van der Waals surface area contributed by atoms with E-state index in [1.165, 1.54) is 12.0 Å². The zero-order chi connectivity index (χ0) is 11.5. The number of hydrogen-bond acceptors (Lipinski definition) is 2. The lowest BCUT2D eigenvalue weighted by molar-refractivity contribution is 0.0697. The van der Waals surface area contributed by atoms with Crippen LogP contribution in [0.4, 0.5) is 0 Å². The molecule has 1 aliphatic heterocycles. The summed E-state index contributed by atoms with van der Waals surface area (Å²) >= 11 is 0. The highest BCUT2D eigenvalue weighted by atomic mass is 16.4. The molecular formula is C13H17NO2. The maximum Gasteiger partial charge on any atom is 0.335 e. The van der Waals surface area contributed by atoms with Gasteiger partial charge in [0, 0.05) is 6.54 Å². The van der Waals surface area contributed by atoms with Crippen LogP contribution in [0.5, 0.6) is 0 Å². The highest BCUT2D eigenvalue weighted by Crippen LogP contribution is 2.26.